The van der Waals surface area contributed by atoms with Crippen LogP contribution in [0.2, 0.25) is 10.0 Å². The van der Waals surface area contributed by atoms with Crippen LogP contribution in [0.1, 0.15) is 6.92 Å². The molecule has 0 N–H and O–H groups in total. The second-order valence-electron chi connectivity index (χ2n) is 5.09. The summed E-state index contributed by atoms with van der Waals surface area (Å²) >= 11 is 11.9. The van der Waals surface area contributed by atoms with E-state index in [1.165, 1.54) is 49.6 Å². The molecule has 0 aromatic heterocycles. The third-order valence-electron chi connectivity index (χ3n) is 3.40. The standard InChI is InChI=1S/C17H17Cl2NO5S/c1-3-25-17(21)11-20(13-6-4-12(18)5-7-13)26(22,23)14-8-9-16(24-2)15(19)10-14/h4-10H,3,11H2,1-2H3. The fraction of sp³-hybridized carbons (Fsp3) is 0.235. The highest BCUT2D eigenvalue weighted by Crippen LogP contribution is 2.30. The molecule has 0 amide bonds. The Morgan fingerprint density at radius 3 is 2.31 bits per heavy atom. The number of methoxy groups -OCH3 is 1. The summed E-state index contributed by atoms with van der Waals surface area (Å²) < 4.78 is 37.1. The normalized spacial score (nSPS) is 11.1. The molecule has 0 unspecified atom stereocenters. The molecule has 140 valence electrons. The fourth-order valence-electron chi connectivity index (χ4n) is 2.18. The second kappa shape index (κ2) is 8.62. The number of esters is 1. The Kier molecular flexibility index (Phi) is 6.75. The number of rotatable bonds is 7. The number of anilines is 1. The fourth-order valence-corrected chi connectivity index (χ4v) is 4.07. The van der Waals surface area contributed by atoms with E-state index < -0.39 is 22.5 Å². The van der Waals surface area contributed by atoms with E-state index in [0.717, 1.165) is 4.31 Å². The topological polar surface area (TPSA) is 72.9 Å². The Morgan fingerprint density at radius 1 is 1.12 bits per heavy atom. The Bertz CT molecular complexity index is 885. The van der Waals surface area contributed by atoms with Gasteiger partial charge in [0, 0.05) is 5.02 Å². The highest BCUT2D eigenvalue weighted by atomic mass is 35.5. The molecule has 0 saturated heterocycles. The van der Waals surface area contributed by atoms with Crippen LogP contribution in [0.15, 0.2) is 47.4 Å². The van der Waals surface area contributed by atoms with Gasteiger partial charge in [0.05, 0.1) is 29.3 Å². The molecule has 0 aliphatic carbocycles. The number of sulfonamides is 1. The van der Waals surface area contributed by atoms with E-state index in [9.17, 15) is 13.2 Å². The molecule has 6 nitrogen and oxygen atoms in total. The van der Waals surface area contributed by atoms with Crippen molar-refractivity contribution in [2.45, 2.75) is 11.8 Å². The van der Waals surface area contributed by atoms with Crippen molar-refractivity contribution in [2.75, 3.05) is 24.6 Å². The van der Waals surface area contributed by atoms with Crippen LogP contribution in [0.4, 0.5) is 5.69 Å². The van der Waals surface area contributed by atoms with E-state index >= 15 is 0 Å². The van der Waals surface area contributed by atoms with E-state index in [0.29, 0.717) is 10.8 Å². The van der Waals surface area contributed by atoms with Gasteiger partial charge >= 0.3 is 5.97 Å². The van der Waals surface area contributed by atoms with Gasteiger partial charge in [-0.2, -0.15) is 0 Å². The van der Waals surface area contributed by atoms with Gasteiger partial charge in [0.15, 0.2) is 0 Å². The number of carbonyl (C=O) groups is 1. The van der Waals surface area contributed by atoms with Gasteiger partial charge in [-0.3, -0.25) is 9.10 Å². The number of hydrogen-bond donors (Lipinski definition) is 0. The van der Waals surface area contributed by atoms with Crippen LogP contribution >= 0.6 is 23.2 Å². The van der Waals surface area contributed by atoms with E-state index in [4.69, 9.17) is 32.7 Å². The largest absolute Gasteiger partial charge is 0.495 e. The molecule has 0 saturated carbocycles. The first-order chi connectivity index (χ1) is 12.3. The molecule has 0 atom stereocenters. The highest BCUT2D eigenvalue weighted by molar-refractivity contribution is 7.92. The SMILES string of the molecule is CCOC(=O)CN(c1ccc(Cl)cc1)S(=O)(=O)c1ccc(OC)c(Cl)c1. The number of nitrogens with zero attached hydrogens (tertiary/aromatic N) is 1. The predicted octanol–water partition coefficient (Wildman–Crippen LogP) is 3.76. The zero-order valence-electron chi connectivity index (χ0n) is 14.1. The minimum absolute atomic E-state index is 0.0810. The summed E-state index contributed by atoms with van der Waals surface area (Å²) in [6.45, 7) is 1.30. The van der Waals surface area contributed by atoms with E-state index in [-0.39, 0.29) is 22.2 Å². The maximum atomic E-state index is 13.1. The summed E-state index contributed by atoms with van der Waals surface area (Å²) in [6.07, 6.45) is 0. The predicted molar refractivity (Wildman–Crippen MR) is 101 cm³/mol. The monoisotopic (exact) mass is 417 g/mol. The average molecular weight is 418 g/mol. The van der Waals surface area contributed by atoms with Crippen molar-refractivity contribution in [1.29, 1.82) is 0 Å². The molecule has 2 aromatic rings. The van der Waals surface area contributed by atoms with E-state index in [1.807, 2.05) is 0 Å². The molecular formula is C17H17Cl2NO5S. The van der Waals surface area contributed by atoms with Crippen molar-refractivity contribution in [3.05, 3.63) is 52.5 Å². The molecule has 26 heavy (non-hydrogen) atoms. The van der Waals surface area contributed by atoms with Crippen molar-refractivity contribution in [2.24, 2.45) is 0 Å². The van der Waals surface area contributed by atoms with Crippen LogP contribution in [-0.4, -0.2) is 34.6 Å². The Labute approximate surface area is 162 Å². The first-order valence-electron chi connectivity index (χ1n) is 7.57. The number of hydrogen-bond acceptors (Lipinski definition) is 5. The van der Waals surface area contributed by atoms with E-state index in [1.54, 1.807) is 6.92 Å². The van der Waals surface area contributed by atoms with Gasteiger partial charge < -0.3 is 9.47 Å². The zero-order valence-corrected chi connectivity index (χ0v) is 16.4. The van der Waals surface area contributed by atoms with Crippen LogP contribution in [0.3, 0.4) is 0 Å². The third kappa shape index (κ3) is 4.60. The van der Waals surface area contributed by atoms with Crippen LogP contribution < -0.4 is 9.04 Å². The smallest absolute Gasteiger partial charge is 0.326 e. The minimum Gasteiger partial charge on any atom is -0.495 e. The van der Waals surface area contributed by atoms with Crippen molar-refractivity contribution in [3.63, 3.8) is 0 Å². The molecule has 0 heterocycles. The number of halogens is 2. The number of benzene rings is 2. The summed E-state index contributed by atoms with van der Waals surface area (Å²) in [5.41, 5.74) is 0.273. The van der Waals surface area contributed by atoms with Gasteiger partial charge in [0.2, 0.25) is 0 Å². The zero-order chi connectivity index (χ0) is 19.3. The lowest BCUT2D eigenvalue weighted by Crippen LogP contribution is -2.36. The molecule has 0 radical (unpaired) electrons. The maximum absolute atomic E-state index is 13.1. The van der Waals surface area contributed by atoms with Gasteiger partial charge in [-0.05, 0) is 49.4 Å². The summed E-state index contributed by atoms with van der Waals surface area (Å²) in [4.78, 5) is 11.9. The summed E-state index contributed by atoms with van der Waals surface area (Å²) in [6, 6.07) is 10.1. The molecule has 2 aromatic carbocycles. The number of carbonyl (C=O) groups excluding carboxylic acids is 1. The molecule has 0 aliphatic rings. The lowest BCUT2D eigenvalue weighted by molar-refractivity contribution is -0.141. The molecule has 0 aliphatic heterocycles. The van der Waals surface area contributed by atoms with E-state index in [2.05, 4.69) is 0 Å². The van der Waals surface area contributed by atoms with Gasteiger partial charge in [-0.1, -0.05) is 23.2 Å². The maximum Gasteiger partial charge on any atom is 0.326 e. The summed E-state index contributed by atoms with van der Waals surface area (Å²) in [5.74, 6) is -0.334. The summed E-state index contributed by atoms with van der Waals surface area (Å²) in [7, 11) is -2.65. The lowest BCUT2D eigenvalue weighted by atomic mass is 10.3. The average Bonchev–Trinajstić information content (AvgIpc) is 2.60. The van der Waals surface area contributed by atoms with Gasteiger partial charge in [0.25, 0.3) is 10.0 Å². The van der Waals surface area contributed by atoms with Crippen molar-refractivity contribution < 1.29 is 22.7 Å². The first kappa shape index (κ1) is 20.4. The summed E-state index contributed by atoms with van der Waals surface area (Å²) in [5, 5.41) is 0.579. The minimum atomic E-state index is -4.08. The molecule has 9 heteroatoms. The lowest BCUT2D eigenvalue weighted by Gasteiger charge is -2.24. The van der Waals surface area contributed by atoms with Crippen molar-refractivity contribution >= 4 is 44.9 Å². The van der Waals surface area contributed by atoms with Gasteiger partial charge in [0.1, 0.15) is 12.3 Å². The highest BCUT2D eigenvalue weighted by Gasteiger charge is 2.28. The second-order valence-corrected chi connectivity index (χ2v) is 7.80. The van der Waals surface area contributed by atoms with Crippen molar-refractivity contribution in [3.8, 4) is 5.75 Å². The Balaban J connectivity index is 2.49. The first-order valence-corrected chi connectivity index (χ1v) is 9.76. The van der Waals surface area contributed by atoms with Crippen LogP contribution in [-0.2, 0) is 19.6 Å². The van der Waals surface area contributed by atoms with Crippen LogP contribution in [0, 0.1) is 0 Å². The molecule has 2 rings (SSSR count). The quantitative estimate of drug-likeness (QED) is 0.641. The molecule has 0 bridgehead atoms. The van der Waals surface area contributed by atoms with Crippen molar-refractivity contribution in [1.82, 2.24) is 0 Å². The Hall–Kier alpha value is -1.96. The third-order valence-corrected chi connectivity index (χ3v) is 5.72. The van der Waals surface area contributed by atoms with Crippen LogP contribution in [0.25, 0.3) is 0 Å². The Morgan fingerprint density at radius 2 is 1.77 bits per heavy atom. The van der Waals surface area contributed by atoms with Gasteiger partial charge in [-0.25, -0.2) is 8.42 Å². The molecule has 0 spiro atoms. The molecule has 0 fully saturated rings. The van der Waals surface area contributed by atoms with Crippen LogP contribution in [0.5, 0.6) is 5.75 Å². The van der Waals surface area contributed by atoms with Gasteiger partial charge in [-0.15, -0.1) is 0 Å². The number of ether oxygens (including phenoxy) is 2. The molecular weight excluding hydrogens is 401 g/mol.